The Morgan fingerprint density at radius 1 is 1.11 bits per heavy atom. The van der Waals surface area contributed by atoms with Crippen molar-refractivity contribution in [1.82, 2.24) is 18.5 Å². The van der Waals surface area contributed by atoms with Gasteiger partial charge in [-0.05, 0) is 25.8 Å². The summed E-state index contributed by atoms with van der Waals surface area (Å²) in [6, 6.07) is 4.27. The van der Waals surface area contributed by atoms with Crippen LogP contribution >= 0.6 is 0 Å². The van der Waals surface area contributed by atoms with Gasteiger partial charge in [0.2, 0.25) is 0 Å². The number of pyridine rings is 1. The van der Waals surface area contributed by atoms with Crippen LogP contribution in [0.5, 0.6) is 0 Å². The number of benzene rings is 1. The molecule has 35 heavy (non-hydrogen) atoms. The van der Waals surface area contributed by atoms with Gasteiger partial charge < -0.3 is 9.80 Å². The van der Waals surface area contributed by atoms with E-state index in [9.17, 15) is 27.3 Å². The highest BCUT2D eigenvalue weighted by Gasteiger charge is 2.35. The number of halogens is 2. The number of hydrogen-bond donors (Lipinski definition) is 0. The van der Waals surface area contributed by atoms with Gasteiger partial charge in [0, 0.05) is 71.0 Å². The Balaban J connectivity index is 1.69. The molecule has 2 aromatic rings. The van der Waals surface area contributed by atoms with Crippen LogP contribution in [0.25, 0.3) is 10.9 Å². The molecule has 1 aromatic heterocycles. The quantitative estimate of drug-likeness (QED) is 0.630. The molecule has 0 spiro atoms. The number of carbonyl (C=O) groups is 1. The molecule has 2 aliphatic rings. The van der Waals surface area contributed by atoms with E-state index in [2.05, 4.69) is 11.1 Å². The lowest BCUT2D eigenvalue weighted by molar-refractivity contribution is 0.0695. The van der Waals surface area contributed by atoms with E-state index in [0.717, 1.165) is 10.4 Å². The van der Waals surface area contributed by atoms with Gasteiger partial charge in [0.05, 0.1) is 22.7 Å². The minimum absolute atomic E-state index is 0.0338. The van der Waals surface area contributed by atoms with Crippen molar-refractivity contribution in [2.75, 3.05) is 58.3 Å². The maximum atomic E-state index is 14.6. The fourth-order valence-corrected chi connectivity index (χ4v) is 5.66. The van der Waals surface area contributed by atoms with E-state index in [4.69, 9.17) is 0 Å². The van der Waals surface area contributed by atoms with Crippen molar-refractivity contribution in [3.63, 3.8) is 0 Å². The Morgan fingerprint density at radius 2 is 1.74 bits per heavy atom. The molecule has 0 N–H and O–H groups in total. The molecule has 0 bridgehead atoms. The van der Waals surface area contributed by atoms with Crippen LogP contribution in [0.1, 0.15) is 30.1 Å². The molecule has 0 radical (unpaired) electrons. The number of aromatic nitrogens is 1. The number of anilines is 1. The number of nitrogens with zero attached hydrogens (tertiary/aromatic N) is 6. The van der Waals surface area contributed by atoms with Gasteiger partial charge in [-0.15, -0.1) is 0 Å². The van der Waals surface area contributed by atoms with Gasteiger partial charge in [0.25, 0.3) is 16.1 Å². The predicted octanol–water partition coefficient (Wildman–Crippen LogP) is 2.21. The van der Waals surface area contributed by atoms with Crippen molar-refractivity contribution in [2.45, 2.75) is 19.8 Å². The smallest absolute Gasteiger partial charge is 0.281 e. The maximum absolute atomic E-state index is 14.6. The van der Waals surface area contributed by atoms with E-state index in [1.165, 1.54) is 35.6 Å². The standard InChI is InChI=1S/C23H28F2N6O3S/c1-23(15-26)4-6-29(7-5-23)21-17-12-16(24)13-19(25)20(17)27-14-18(21)22(32)30-8-10-31(11-9-30)35(33,34)28(2)3/h12-14H,4-11H2,1-3H3. The zero-order valence-corrected chi connectivity index (χ0v) is 20.8. The van der Waals surface area contributed by atoms with E-state index >= 15 is 0 Å². The second-order valence-electron chi connectivity index (χ2n) is 9.45. The largest absolute Gasteiger partial charge is 0.370 e. The molecule has 12 heteroatoms. The van der Waals surface area contributed by atoms with Crippen LogP contribution in [0, 0.1) is 28.4 Å². The van der Waals surface area contributed by atoms with E-state index in [1.54, 1.807) is 0 Å². The fourth-order valence-electron chi connectivity index (χ4n) is 4.57. The molecule has 2 aliphatic heterocycles. The van der Waals surface area contributed by atoms with Gasteiger partial charge >= 0.3 is 0 Å². The third kappa shape index (κ3) is 4.68. The Morgan fingerprint density at radius 3 is 2.31 bits per heavy atom. The molecular formula is C23H28F2N6O3S. The van der Waals surface area contributed by atoms with Crippen LogP contribution in [-0.2, 0) is 10.2 Å². The molecular weight excluding hydrogens is 478 g/mol. The van der Waals surface area contributed by atoms with Crippen molar-refractivity contribution in [3.05, 3.63) is 35.5 Å². The summed E-state index contributed by atoms with van der Waals surface area (Å²) in [6.07, 6.45) is 2.39. The predicted molar refractivity (Wildman–Crippen MR) is 127 cm³/mol. The van der Waals surface area contributed by atoms with Crippen LogP contribution in [0.3, 0.4) is 0 Å². The first-order valence-corrected chi connectivity index (χ1v) is 12.8. The normalized spacial score (nSPS) is 19.2. The van der Waals surface area contributed by atoms with E-state index in [0.29, 0.717) is 31.6 Å². The Hall–Kier alpha value is -2.88. The molecule has 3 heterocycles. The molecule has 0 aliphatic carbocycles. The summed E-state index contributed by atoms with van der Waals surface area (Å²) in [7, 11) is -0.688. The highest BCUT2D eigenvalue weighted by molar-refractivity contribution is 7.86. The van der Waals surface area contributed by atoms with Crippen molar-refractivity contribution in [1.29, 1.82) is 5.26 Å². The molecule has 1 amide bonds. The number of amides is 1. The first-order valence-electron chi connectivity index (χ1n) is 11.4. The first kappa shape index (κ1) is 25.2. The molecule has 2 saturated heterocycles. The van der Waals surface area contributed by atoms with Crippen LogP contribution in [-0.4, -0.2) is 86.2 Å². The third-order valence-corrected chi connectivity index (χ3v) is 8.80. The summed E-state index contributed by atoms with van der Waals surface area (Å²) in [5.74, 6) is -1.97. The average molecular weight is 507 g/mol. The highest BCUT2D eigenvalue weighted by atomic mass is 32.2. The van der Waals surface area contributed by atoms with Crippen molar-refractivity contribution < 1.29 is 22.0 Å². The molecule has 2 fully saturated rings. The zero-order chi connectivity index (χ0) is 25.5. The lowest BCUT2D eigenvalue weighted by Gasteiger charge is -2.39. The molecule has 1 aromatic carbocycles. The lowest BCUT2D eigenvalue weighted by atomic mass is 9.81. The maximum Gasteiger partial charge on any atom is 0.281 e. The monoisotopic (exact) mass is 506 g/mol. The van der Waals surface area contributed by atoms with Gasteiger partial charge in [-0.25, -0.2) is 8.78 Å². The van der Waals surface area contributed by atoms with Crippen LogP contribution in [0.4, 0.5) is 14.5 Å². The molecule has 0 unspecified atom stereocenters. The Bertz CT molecular complexity index is 1290. The number of nitriles is 1. The molecule has 0 saturated carbocycles. The van der Waals surface area contributed by atoms with E-state index < -0.39 is 27.3 Å². The number of hydrogen-bond acceptors (Lipinski definition) is 6. The molecule has 9 nitrogen and oxygen atoms in total. The third-order valence-electron chi connectivity index (χ3n) is 6.86. The van der Waals surface area contributed by atoms with Crippen LogP contribution < -0.4 is 4.90 Å². The minimum atomic E-state index is -3.59. The van der Waals surface area contributed by atoms with Gasteiger partial charge in [-0.2, -0.15) is 22.3 Å². The minimum Gasteiger partial charge on any atom is -0.370 e. The van der Waals surface area contributed by atoms with E-state index in [1.807, 2.05) is 11.8 Å². The van der Waals surface area contributed by atoms with Crippen molar-refractivity contribution in [3.8, 4) is 6.07 Å². The number of piperazine rings is 1. The summed E-state index contributed by atoms with van der Waals surface area (Å²) >= 11 is 0. The second-order valence-corrected chi connectivity index (χ2v) is 11.6. The van der Waals surface area contributed by atoms with Gasteiger partial charge in [-0.3, -0.25) is 9.78 Å². The summed E-state index contributed by atoms with van der Waals surface area (Å²) in [4.78, 5) is 21.2. The fraction of sp³-hybridized carbons (Fsp3) is 0.522. The van der Waals surface area contributed by atoms with E-state index in [-0.39, 0.29) is 48.6 Å². The number of rotatable bonds is 4. The topological polar surface area (TPSA) is 101 Å². The number of carbonyl (C=O) groups excluding carboxylic acids is 1. The average Bonchev–Trinajstić information content (AvgIpc) is 2.83. The summed E-state index contributed by atoms with van der Waals surface area (Å²) in [5, 5.41) is 9.69. The zero-order valence-electron chi connectivity index (χ0n) is 20.0. The summed E-state index contributed by atoms with van der Waals surface area (Å²) in [5.41, 5.74) is 0.0519. The number of fused-ring (bicyclic) bond motifs is 1. The highest BCUT2D eigenvalue weighted by Crippen LogP contribution is 2.38. The van der Waals surface area contributed by atoms with Crippen molar-refractivity contribution >= 4 is 32.7 Å². The SMILES string of the molecule is CN(C)S(=O)(=O)N1CCN(C(=O)c2cnc3c(F)cc(F)cc3c2N2CCC(C)(C#N)CC2)CC1. The summed E-state index contributed by atoms with van der Waals surface area (Å²) < 4.78 is 56.1. The van der Waals surface area contributed by atoms with Crippen molar-refractivity contribution in [2.24, 2.45) is 5.41 Å². The van der Waals surface area contributed by atoms with Gasteiger partial charge in [0.15, 0.2) is 5.82 Å². The molecule has 4 rings (SSSR count). The first-order chi connectivity index (χ1) is 16.5. The van der Waals surface area contributed by atoms with Gasteiger partial charge in [-0.1, -0.05) is 0 Å². The van der Waals surface area contributed by atoms with Gasteiger partial charge in [0.1, 0.15) is 11.3 Å². The molecule has 0 atom stereocenters. The lowest BCUT2D eigenvalue weighted by Crippen LogP contribution is -2.53. The van der Waals surface area contributed by atoms with Crippen LogP contribution in [0.2, 0.25) is 0 Å². The second kappa shape index (κ2) is 9.29. The Kier molecular flexibility index (Phi) is 6.70. The number of piperidine rings is 1. The summed E-state index contributed by atoms with van der Waals surface area (Å²) in [6.45, 7) is 3.38. The molecule has 188 valence electrons. The van der Waals surface area contributed by atoms with Crippen LogP contribution in [0.15, 0.2) is 18.3 Å². The Labute approximate surface area is 203 Å².